The second kappa shape index (κ2) is 6.95. The van der Waals surface area contributed by atoms with Crippen LogP contribution in [0, 0.1) is 13.8 Å². The molecule has 1 aliphatic rings. The van der Waals surface area contributed by atoms with Crippen molar-refractivity contribution >= 4 is 28.2 Å². The number of carbonyl (C=O) groups is 1. The molecule has 0 saturated carbocycles. The molecule has 1 N–H and O–H groups in total. The van der Waals surface area contributed by atoms with Crippen molar-refractivity contribution in [2.45, 2.75) is 26.7 Å². The van der Waals surface area contributed by atoms with E-state index in [1.54, 1.807) is 12.3 Å². The minimum Gasteiger partial charge on any atom is -0.328 e. The van der Waals surface area contributed by atoms with Crippen molar-refractivity contribution in [3.63, 3.8) is 0 Å². The molecule has 5 nitrogen and oxygen atoms in total. The Hall–Kier alpha value is -3.73. The van der Waals surface area contributed by atoms with Crippen LogP contribution in [0.25, 0.3) is 22.0 Å². The maximum Gasteiger partial charge on any atom is 0.247 e. The largest absolute Gasteiger partial charge is 0.328 e. The number of rotatable bonds is 2. The highest BCUT2D eigenvalue weighted by atomic mass is 16.2. The minimum atomic E-state index is -0.134. The SMILES string of the molecule is Cc1ccc(N2C(=O)CCc3cnc4ccc(-c5ccc(=O)[nH]c5)cc4c32)cc1C. The van der Waals surface area contributed by atoms with Gasteiger partial charge in [-0.1, -0.05) is 12.1 Å². The molecular weight excluding hydrogens is 374 g/mol. The summed E-state index contributed by atoms with van der Waals surface area (Å²) in [6, 6.07) is 15.5. The fourth-order valence-corrected chi connectivity index (χ4v) is 4.05. The topological polar surface area (TPSA) is 66.1 Å². The summed E-state index contributed by atoms with van der Waals surface area (Å²) in [7, 11) is 0. The van der Waals surface area contributed by atoms with E-state index in [0.717, 1.165) is 44.5 Å². The summed E-state index contributed by atoms with van der Waals surface area (Å²) in [4.78, 5) is 33.7. The van der Waals surface area contributed by atoms with Gasteiger partial charge in [-0.05, 0) is 78.4 Å². The third-order valence-corrected chi connectivity index (χ3v) is 5.86. The van der Waals surface area contributed by atoms with Crippen LogP contribution in [0.3, 0.4) is 0 Å². The molecule has 0 unspecified atom stereocenters. The lowest BCUT2D eigenvalue weighted by atomic mass is 9.96. The normalized spacial score (nSPS) is 13.5. The Labute approximate surface area is 174 Å². The number of aromatic amines is 1. The Morgan fingerprint density at radius 2 is 1.73 bits per heavy atom. The van der Waals surface area contributed by atoms with Crippen LogP contribution in [-0.4, -0.2) is 15.9 Å². The second-order valence-electron chi connectivity index (χ2n) is 7.80. The molecule has 0 fully saturated rings. The molecule has 148 valence electrons. The summed E-state index contributed by atoms with van der Waals surface area (Å²) in [5, 5.41) is 0.933. The van der Waals surface area contributed by atoms with Crippen LogP contribution in [-0.2, 0) is 11.2 Å². The van der Waals surface area contributed by atoms with Crippen molar-refractivity contribution in [2.75, 3.05) is 4.90 Å². The predicted octanol–water partition coefficient (Wildman–Crippen LogP) is 4.82. The summed E-state index contributed by atoms with van der Waals surface area (Å²) in [5.74, 6) is 0.0905. The van der Waals surface area contributed by atoms with Gasteiger partial charge in [0.2, 0.25) is 11.5 Å². The van der Waals surface area contributed by atoms with Crippen LogP contribution in [0.4, 0.5) is 11.4 Å². The Morgan fingerprint density at radius 3 is 2.50 bits per heavy atom. The molecule has 0 spiro atoms. The molecule has 0 aliphatic carbocycles. The number of nitrogens with one attached hydrogen (secondary N) is 1. The van der Waals surface area contributed by atoms with E-state index in [2.05, 4.69) is 42.0 Å². The average molecular weight is 395 g/mol. The third-order valence-electron chi connectivity index (χ3n) is 5.86. The Bertz CT molecular complexity index is 1350. The van der Waals surface area contributed by atoms with E-state index in [1.807, 2.05) is 29.3 Å². The molecule has 4 aromatic rings. The first-order valence-electron chi connectivity index (χ1n) is 10.0. The number of aromatic nitrogens is 2. The van der Waals surface area contributed by atoms with E-state index in [4.69, 9.17) is 0 Å². The number of benzene rings is 2. The summed E-state index contributed by atoms with van der Waals surface area (Å²) in [5.41, 5.74) is 7.79. The lowest BCUT2D eigenvalue weighted by molar-refractivity contribution is -0.118. The molecule has 5 rings (SSSR count). The maximum absolute atomic E-state index is 13.1. The number of aryl methyl sites for hydroxylation is 3. The van der Waals surface area contributed by atoms with Crippen molar-refractivity contribution in [1.29, 1.82) is 0 Å². The Balaban J connectivity index is 1.75. The van der Waals surface area contributed by atoms with Gasteiger partial charge < -0.3 is 4.98 Å². The maximum atomic E-state index is 13.1. The second-order valence-corrected chi connectivity index (χ2v) is 7.80. The van der Waals surface area contributed by atoms with E-state index < -0.39 is 0 Å². The van der Waals surface area contributed by atoms with Gasteiger partial charge in [-0.2, -0.15) is 0 Å². The highest BCUT2D eigenvalue weighted by Crippen LogP contribution is 2.40. The van der Waals surface area contributed by atoms with E-state index in [0.29, 0.717) is 12.8 Å². The van der Waals surface area contributed by atoms with Crippen LogP contribution < -0.4 is 10.5 Å². The van der Waals surface area contributed by atoms with Gasteiger partial charge in [0.05, 0.1) is 11.2 Å². The fraction of sp³-hybridized carbons (Fsp3) is 0.160. The fourth-order valence-electron chi connectivity index (χ4n) is 4.05. The molecule has 2 aromatic heterocycles. The molecule has 5 heteroatoms. The third kappa shape index (κ3) is 2.99. The standard InChI is InChI=1S/C25H21N3O2/c1-15-3-7-20(11-16(15)2)28-24(30)10-6-19-14-26-22-8-4-17(12-21(22)25(19)28)18-5-9-23(29)27-13-18/h3-5,7-9,11-14H,6,10H2,1-2H3,(H,27,29). The molecule has 1 aliphatic heterocycles. The molecule has 0 radical (unpaired) electrons. The first kappa shape index (κ1) is 18.3. The number of H-pyrrole nitrogens is 1. The number of amides is 1. The molecule has 1 amide bonds. The summed E-state index contributed by atoms with van der Waals surface area (Å²) < 4.78 is 0. The van der Waals surface area contributed by atoms with Crippen molar-refractivity contribution in [3.05, 3.63) is 88.0 Å². The van der Waals surface area contributed by atoms with Gasteiger partial charge in [-0.3, -0.25) is 19.5 Å². The van der Waals surface area contributed by atoms with Crippen LogP contribution in [0.2, 0.25) is 0 Å². The molecule has 3 heterocycles. The average Bonchev–Trinajstić information content (AvgIpc) is 2.76. The van der Waals surface area contributed by atoms with Crippen LogP contribution in [0.5, 0.6) is 0 Å². The summed E-state index contributed by atoms with van der Waals surface area (Å²) in [6.45, 7) is 4.13. The number of hydrogen-bond donors (Lipinski definition) is 1. The number of hydrogen-bond acceptors (Lipinski definition) is 3. The van der Waals surface area contributed by atoms with Gasteiger partial charge in [0.15, 0.2) is 0 Å². The van der Waals surface area contributed by atoms with Crippen LogP contribution in [0.1, 0.15) is 23.1 Å². The molecule has 2 aromatic carbocycles. The molecule has 30 heavy (non-hydrogen) atoms. The predicted molar refractivity (Wildman–Crippen MR) is 119 cm³/mol. The van der Waals surface area contributed by atoms with Gasteiger partial charge in [0.1, 0.15) is 0 Å². The van der Waals surface area contributed by atoms with E-state index in [9.17, 15) is 9.59 Å². The first-order valence-corrected chi connectivity index (χ1v) is 10.0. The number of pyridine rings is 2. The number of carbonyl (C=O) groups excluding carboxylic acids is 1. The van der Waals surface area contributed by atoms with Gasteiger partial charge >= 0.3 is 0 Å². The Kier molecular flexibility index (Phi) is 4.24. The Morgan fingerprint density at radius 1 is 0.900 bits per heavy atom. The molecular formula is C25H21N3O2. The van der Waals surface area contributed by atoms with Gasteiger partial charge in [0.25, 0.3) is 0 Å². The van der Waals surface area contributed by atoms with Crippen molar-refractivity contribution in [2.24, 2.45) is 0 Å². The van der Waals surface area contributed by atoms with Crippen molar-refractivity contribution < 1.29 is 4.79 Å². The summed E-state index contributed by atoms with van der Waals surface area (Å²) in [6.07, 6.45) is 4.74. The quantitative estimate of drug-likeness (QED) is 0.529. The van der Waals surface area contributed by atoms with E-state index in [-0.39, 0.29) is 11.5 Å². The molecule has 0 bridgehead atoms. The first-order chi connectivity index (χ1) is 14.5. The van der Waals surface area contributed by atoms with Gasteiger partial charge in [0, 0.05) is 36.0 Å². The van der Waals surface area contributed by atoms with E-state index >= 15 is 0 Å². The zero-order valence-electron chi connectivity index (χ0n) is 16.9. The smallest absolute Gasteiger partial charge is 0.247 e. The zero-order chi connectivity index (χ0) is 20.8. The molecule has 0 atom stereocenters. The zero-order valence-corrected chi connectivity index (χ0v) is 16.9. The molecule has 0 saturated heterocycles. The van der Waals surface area contributed by atoms with Gasteiger partial charge in [-0.25, -0.2) is 0 Å². The van der Waals surface area contributed by atoms with Gasteiger partial charge in [-0.15, -0.1) is 0 Å². The monoisotopic (exact) mass is 395 g/mol. The number of anilines is 2. The van der Waals surface area contributed by atoms with Crippen molar-refractivity contribution in [1.82, 2.24) is 9.97 Å². The highest BCUT2D eigenvalue weighted by molar-refractivity contribution is 6.11. The van der Waals surface area contributed by atoms with E-state index in [1.165, 1.54) is 11.6 Å². The summed E-state index contributed by atoms with van der Waals surface area (Å²) >= 11 is 0. The van der Waals surface area contributed by atoms with Crippen LogP contribution in [0.15, 0.2) is 65.7 Å². The number of fused-ring (bicyclic) bond motifs is 3. The van der Waals surface area contributed by atoms with Crippen LogP contribution >= 0.6 is 0 Å². The lowest BCUT2D eigenvalue weighted by Crippen LogP contribution is -2.31. The lowest BCUT2D eigenvalue weighted by Gasteiger charge is -2.31. The minimum absolute atomic E-state index is 0.0905. The number of nitrogens with zero attached hydrogens (tertiary/aromatic N) is 2. The highest BCUT2D eigenvalue weighted by Gasteiger charge is 2.28. The van der Waals surface area contributed by atoms with Crippen molar-refractivity contribution in [3.8, 4) is 11.1 Å².